The number of carbonyl (C=O) groups is 2. The highest BCUT2D eigenvalue weighted by atomic mass is 16.5. The molecule has 2 saturated heterocycles. The predicted octanol–water partition coefficient (Wildman–Crippen LogP) is 4.32. The van der Waals surface area contributed by atoms with Gasteiger partial charge in [0.15, 0.2) is 0 Å². The maximum atomic E-state index is 13.6. The first kappa shape index (κ1) is 23.4. The Labute approximate surface area is 195 Å². The van der Waals surface area contributed by atoms with Crippen LogP contribution in [0.5, 0.6) is 0 Å². The molecule has 1 aromatic carbocycles. The smallest absolute Gasteiger partial charge is 0.411 e. The third-order valence-electron chi connectivity index (χ3n) is 7.35. The Kier molecular flexibility index (Phi) is 7.08. The van der Waals surface area contributed by atoms with E-state index in [2.05, 4.69) is 20.0 Å². The number of hydrogen-bond donors (Lipinski definition) is 2. The lowest BCUT2D eigenvalue weighted by Crippen LogP contribution is -2.50. The minimum absolute atomic E-state index is 0.226. The lowest BCUT2D eigenvalue weighted by molar-refractivity contribution is -0.139. The quantitative estimate of drug-likeness (QED) is 0.647. The van der Waals surface area contributed by atoms with Crippen molar-refractivity contribution >= 4 is 29.1 Å². The van der Waals surface area contributed by atoms with Crippen molar-refractivity contribution in [3.63, 3.8) is 0 Å². The van der Waals surface area contributed by atoms with Gasteiger partial charge in [-0.25, -0.2) is 9.64 Å². The second-order valence-corrected chi connectivity index (χ2v) is 9.59. The fraction of sp³-hybridized carbons (Fsp3) is 0.640. The van der Waals surface area contributed by atoms with E-state index in [-0.39, 0.29) is 18.1 Å². The summed E-state index contributed by atoms with van der Waals surface area (Å²) in [5.41, 5.74) is 1.40. The molecule has 4 rings (SSSR count). The summed E-state index contributed by atoms with van der Waals surface area (Å²) in [6.07, 6.45) is 5.93. The number of carbonyl (C=O) groups excluding carboxylic acids is 2. The van der Waals surface area contributed by atoms with Crippen LogP contribution in [-0.4, -0.2) is 60.4 Å². The molecule has 2 N–H and O–H groups in total. The van der Waals surface area contributed by atoms with Crippen molar-refractivity contribution in [3.8, 4) is 0 Å². The Balaban J connectivity index is 1.46. The van der Waals surface area contributed by atoms with Crippen LogP contribution >= 0.6 is 0 Å². The van der Waals surface area contributed by atoms with Crippen LogP contribution in [-0.2, 0) is 9.53 Å². The SMILES string of the molecule is [C-]#[N+]c1cc(NC(=O)OCCC)ccc1N1CCC[C@]2(CCN([C@H]3CC[C@H](O)CC3)C2=O)C1. The molecule has 3 aliphatic rings. The minimum Gasteiger partial charge on any atom is -0.449 e. The molecule has 8 nitrogen and oxygen atoms in total. The van der Waals surface area contributed by atoms with E-state index in [9.17, 15) is 14.7 Å². The van der Waals surface area contributed by atoms with Gasteiger partial charge in [0.2, 0.25) is 11.6 Å². The van der Waals surface area contributed by atoms with Gasteiger partial charge in [-0.2, -0.15) is 0 Å². The van der Waals surface area contributed by atoms with Crippen LogP contribution in [0.2, 0.25) is 0 Å². The van der Waals surface area contributed by atoms with Gasteiger partial charge in [-0.1, -0.05) is 6.92 Å². The molecule has 0 radical (unpaired) electrons. The number of amides is 2. The number of anilines is 2. The summed E-state index contributed by atoms with van der Waals surface area (Å²) in [7, 11) is 0. The average molecular weight is 455 g/mol. The van der Waals surface area contributed by atoms with E-state index >= 15 is 0 Å². The lowest BCUT2D eigenvalue weighted by atomic mass is 9.78. The van der Waals surface area contributed by atoms with E-state index in [0.717, 1.165) is 70.1 Å². The van der Waals surface area contributed by atoms with Crippen LogP contribution in [0.1, 0.15) is 58.3 Å². The molecule has 2 amide bonds. The van der Waals surface area contributed by atoms with Crippen molar-refractivity contribution in [2.45, 2.75) is 70.4 Å². The Bertz CT molecular complexity index is 921. The van der Waals surface area contributed by atoms with Gasteiger partial charge in [0.05, 0.1) is 24.7 Å². The Morgan fingerprint density at radius 3 is 2.79 bits per heavy atom. The van der Waals surface area contributed by atoms with E-state index in [4.69, 9.17) is 11.3 Å². The van der Waals surface area contributed by atoms with Crippen molar-refractivity contribution in [1.82, 2.24) is 4.90 Å². The van der Waals surface area contributed by atoms with Gasteiger partial charge >= 0.3 is 6.09 Å². The van der Waals surface area contributed by atoms with E-state index in [1.54, 1.807) is 12.1 Å². The molecule has 8 heteroatoms. The number of aliphatic hydroxyl groups excluding tert-OH is 1. The summed E-state index contributed by atoms with van der Waals surface area (Å²) >= 11 is 0. The number of benzene rings is 1. The predicted molar refractivity (Wildman–Crippen MR) is 126 cm³/mol. The van der Waals surface area contributed by atoms with Gasteiger partial charge in [0.25, 0.3) is 0 Å². The lowest BCUT2D eigenvalue weighted by Gasteiger charge is -2.42. The maximum absolute atomic E-state index is 13.6. The average Bonchev–Trinajstić information content (AvgIpc) is 3.13. The largest absolute Gasteiger partial charge is 0.449 e. The normalized spacial score (nSPS) is 27.5. The van der Waals surface area contributed by atoms with Crippen LogP contribution < -0.4 is 10.2 Å². The minimum atomic E-state index is -0.524. The van der Waals surface area contributed by atoms with Crippen molar-refractivity contribution in [1.29, 1.82) is 0 Å². The second-order valence-electron chi connectivity index (χ2n) is 9.59. The first-order valence-corrected chi connectivity index (χ1v) is 12.1. The molecule has 0 bridgehead atoms. The van der Waals surface area contributed by atoms with Gasteiger partial charge in [-0.3, -0.25) is 10.1 Å². The summed E-state index contributed by atoms with van der Waals surface area (Å²) in [5, 5.41) is 12.5. The van der Waals surface area contributed by atoms with Gasteiger partial charge in [0, 0.05) is 37.1 Å². The van der Waals surface area contributed by atoms with Gasteiger partial charge in [-0.15, -0.1) is 0 Å². The first-order chi connectivity index (χ1) is 16.0. The third kappa shape index (κ3) is 4.93. The number of nitrogens with zero attached hydrogens (tertiary/aromatic N) is 3. The molecule has 178 valence electrons. The monoisotopic (exact) mass is 454 g/mol. The van der Waals surface area contributed by atoms with Crippen LogP contribution in [0.15, 0.2) is 18.2 Å². The fourth-order valence-corrected chi connectivity index (χ4v) is 5.59. The highest BCUT2D eigenvalue weighted by molar-refractivity contribution is 5.89. The van der Waals surface area contributed by atoms with Crippen molar-refractivity contribution < 1.29 is 19.4 Å². The summed E-state index contributed by atoms with van der Waals surface area (Å²) in [6, 6.07) is 5.57. The Morgan fingerprint density at radius 1 is 1.27 bits per heavy atom. The van der Waals surface area contributed by atoms with Crippen LogP contribution in [0.3, 0.4) is 0 Å². The molecular formula is C25H34N4O4. The second kappa shape index (κ2) is 10.0. The summed E-state index contributed by atoms with van der Waals surface area (Å²) in [4.78, 5) is 33.4. The summed E-state index contributed by atoms with van der Waals surface area (Å²) in [6.45, 7) is 12.2. The number of hydrogen-bond acceptors (Lipinski definition) is 5. The highest BCUT2D eigenvalue weighted by Gasteiger charge is 2.50. The molecule has 2 heterocycles. The van der Waals surface area contributed by atoms with Gasteiger partial charge in [-0.05, 0) is 69.6 Å². The van der Waals surface area contributed by atoms with E-state index in [0.29, 0.717) is 24.5 Å². The maximum Gasteiger partial charge on any atom is 0.411 e. The van der Waals surface area contributed by atoms with Crippen molar-refractivity contribution in [2.75, 3.05) is 36.5 Å². The van der Waals surface area contributed by atoms with Crippen LogP contribution in [0.25, 0.3) is 4.85 Å². The fourth-order valence-electron chi connectivity index (χ4n) is 5.59. The molecule has 1 atom stereocenters. The number of likely N-dealkylation sites (tertiary alicyclic amines) is 1. The zero-order chi connectivity index (χ0) is 23.4. The number of piperidine rings is 1. The van der Waals surface area contributed by atoms with Crippen LogP contribution in [0.4, 0.5) is 21.9 Å². The van der Waals surface area contributed by atoms with Gasteiger partial charge in [0.1, 0.15) is 0 Å². The molecule has 1 saturated carbocycles. The molecule has 0 unspecified atom stereocenters. The molecule has 1 spiro atoms. The number of rotatable bonds is 5. The number of aliphatic hydroxyl groups is 1. The first-order valence-electron chi connectivity index (χ1n) is 12.1. The molecule has 3 fully saturated rings. The van der Waals surface area contributed by atoms with Crippen LogP contribution in [0, 0.1) is 12.0 Å². The van der Waals surface area contributed by atoms with Crippen molar-refractivity contribution in [2.24, 2.45) is 5.41 Å². The van der Waals surface area contributed by atoms with Gasteiger partial charge < -0.3 is 19.6 Å². The molecule has 1 aliphatic carbocycles. The Hall–Kier alpha value is -2.79. The molecular weight excluding hydrogens is 420 g/mol. The van der Waals surface area contributed by atoms with E-state index in [1.165, 1.54) is 0 Å². The van der Waals surface area contributed by atoms with E-state index < -0.39 is 11.5 Å². The highest BCUT2D eigenvalue weighted by Crippen LogP contribution is 2.45. The zero-order valence-corrected chi connectivity index (χ0v) is 19.4. The molecule has 1 aromatic rings. The van der Waals surface area contributed by atoms with Crippen molar-refractivity contribution in [3.05, 3.63) is 29.6 Å². The number of nitrogens with one attached hydrogen (secondary N) is 1. The Morgan fingerprint density at radius 2 is 2.06 bits per heavy atom. The molecule has 0 aromatic heterocycles. The third-order valence-corrected chi connectivity index (χ3v) is 7.35. The molecule has 33 heavy (non-hydrogen) atoms. The standard InChI is InChI=1S/C25H34N4O4/c1-3-15-33-24(32)27-18-5-10-22(21(16-18)26-2)28-13-4-11-25(17-28)12-14-29(23(25)31)19-6-8-20(30)9-7-19/h5,10,16,19-20,30H,3-4,6-9,11-15,17H2,1H3,(H,27,32)/t19-,20-,25-/m0/s1. The van der Waals surface area contributed by atoms with E-state index in [1.807, 2.05) is 13.0 Å². The summed E-state index contributed by atoms with van der Waals surface area (Å²) < 4.78 is 5.06. The molecule has 2 aliphatic heterocycles. The summed E-state index contributed by atoms with van der Waals surface area (Å²) in [5.74, 6) is 0.245. The zero-order valence-electron chi connectivity index (χ0n) is 19.4. The topological polar surface area (TPSA) is 86.5 Å². The number of ether oxygens (including phenoxy) is 1.